The van der Waals surface area contributed by atoms with Crippen LogP contribution in [0.4, 0.5) is 0 Å². The van der Waals surface area contributed by atoms with Crippen LogP contribution in [0.2, 0.25) is 0 Å². The molecule has 8 heteroatoms. The molecule has 0 radical (unpaired) electrons. The molecule has 1 atom stereocenters. The van der Waals surface area contributed by atoms with Crippen molar-refractivity contribution >= 4 is 23.0 Å². The van der Waals surface area contributed by atoms with Gasteiger partial charge in [-0.3, -0.25) is 9.59 Å². The fourth-order valence-electron chi connectivity index (χ4n) is 3.54. The van der Waals surface area contributed by atoms with E-state index in [9.17, 15) is 14.7 Å². The molecule has 2 heterocycles. The zero-order valence-electron chi connectivity index (χ0n) is 17.3. The third kappa shape index (κ3) is 3.90. The van der Waals surface area contributed by atoms with Crippen molar-refractivity contribution in [1.82, 2.24) is 9.88 Å². The molecule has 0 fully saturated rings. The van der Waals surface area contributed by atoms with Crippen LogP contribution in [0.1, 0.15) is 32.0 Å². The summed E-state index contributed by atoms with van der Waals surface area (Å²) in [6, 6.07) is 6.55. The topological polar surface area (TPSA) is 84.2 Å². The number of likely N-dealkylation sites (N-methyl/N-ethyl adjacent to an activating group) is 1. The van der Waals surface area contributed by atoms with Gasteiger partial charge >= 0.3 is 0 Å². The lowest BCUT2D eigenvalue weighted by atomic mass is 9.94. The number of quaternary nitrogens is 1. The zero-order chi connectivity index (χ0) is 21.3. The highest BCUT2D eigenvalue weighted by Crippen LogP contribution is 2.42. The standard InChI is InChI=1S/C21H25N3O4S/c1-12-20(29-13(2)22-12)18(25)16-17(14-8-6-7-9-15(14)28-5)24(11-10-23(3)4)21(27)19(16)26/h6-9,17,26H,10-11H2,1-5H3/p+1/t17-/m0/s1. The maximum Gasteiger partial charge on any atom is 0.290 e. The van der Waals surface area contributed by atoms with Crippen LogP contribution in [0.3, 0.4) is 0 Å². The Morgan fingerprint density at radius 3 is 2.59 bits per heavy atom. The van der Waals surface area contributed by atoms with Crippen molar-refractivity contribution in [3.8, 4) is 5.75 Å². The summed E-state index contributed by atoms with van der Waals surface area (Å²) in [5.41, 5.74) is 1.35. The normalized spacial score (nSPS) is 16.8. The van der Waals surface area contributed by atoms with Crippen molar-refractivity contribution in [2.75, 3.05) is 34.3 Å². The van der Waals surface area contributed by atoms with E-state index in [1.54, 1.807) is 25.0 Å². The Hall–Kier alpha value is -2.71. The molecule has 154 valence electrons. The SMILES string of the molecule is COc1ccccc1[C@H]1C(C(=O)c2sc(C)nc2C)=C(O)C(=O)N1CC[NH+](C)C. The molecule has 0 aliphatic carbocycles. The number of aliphatic hydroxyl groups excluding tert-OH is 1. The number of rotatable bonds is 7. The fourth-order valence-corrected chi connectivity index (χ4v) is 4.41. The summed E-state index contributed by atoms with van der Waals surface area (Å²) in [6.07, 6.45) is 0. The van der Waals surface area contributed by atoms with Gasteiger partial charge in [-0.25, -0.2) is 4.98 Å². The van der Waals surface area contributed by atoms with E-state index in [4.69, 9.17) is 4.74 Å². The molecule has 7 nitrogen and oxygen atoms in total. The molecule has 1 aliphatic rings. The van der Waals surface area contributed by atoms with E-state index >= 15 is 0 Å². The van der Waals surface area contributed by atoms with Crippen molar-refractivity contribution in [3.05, 3.63) is 56.7 Å². The molecule has 0 unspecified atom stereocenters. The molecule has 29 heavy (non-hydrogen) atoms. The van der Waals surface area contributed by atoms with E-state index in [-0.39, 0.29) is 11.4 Å². The highest BCUT2D eigenvalue weighted by atomic mass is 32.1. The number of benzene rings is 1. The van der Waals surface area contributed by atoms with Crippen LogP contribution < -0.4 is 9.64 Å². The van der Waals surface area contributed by atoms with Crippen LogP contribution >= 0.6 is 11.3 Å². The highest BCUT2D eigenvalue weighted by Gasteiger charge is 2.45. The molecule has 0 saturated carbocycles. The van der Waals surface area contributed by atoms with E-state index in [0.717, 1.165) is 9.91 Å². The van der Waals surface area contributed by atoms with Gasteiger partial charge in [-0.2, -0.15) is 0 Å². The molecule has 0 spiro atoms. The second-order valence-electron chi connectivity index (χ2n) is 7.34. The van der Waals surface area contributed by atoms with Gasteiger partial charge in [-0.05, 0) is 19.9 Å². The van der Waals surface area contributed by atoms with Crippen molar-refractivity contribution in [1.29, 1.82) is 0 Å². The zero-order valence-corrected chi connectivity index (χ0v) is 18.1. The number of carbonyl (C=O) groups excluding carboxylic acids is 2. The van der Waals surface area contributed by atoms with Crippen LogP contribution in [0.15, 0.2) is 35.6 Å². The van der Waals surface area contributed by atoms with Gasteiger partial charge in [0.25, 0.3) is 5.91 Å². The minimum atomic E-state index is -0.715. The van der Waals surface area contributed by atoms with E-state index in [0.29, 0.717) is 35.0 Å². The number of aryl methyl sites for hydroxylation is 2. The van der Waals surface area contributed by atoms with Gasteiger partial charge in [-0.1, -0.05) is 18.2 Å². The third-order valence-electron chi connectivity index (χ3n) is 4.94. The molecule has 1 aromatic heterocycles. The third-order valence-corrected chi connectivity index (χ3v) is 6.02. The largest absolute Gasteiger partial charge is 0.503 e. The van der Waals surface area contributed by atoms with E-state index < -0.39 is 17.7 Å². The van der Waals surface area contributed by atoms with Crippen LogP contribution in [0.25, 0.3) is 0 Å². The molecule has 1 amide bonds. The van der Waals surface area contributed by atoms with Gasteiger partial charge in [0.15, 0.2) is 5.76 Å². The Kier molecular flexibility index (Phi) is 6.04. The fraction of sp³-hybridized carbons (Fsp3) is 0.381. The Morgan fingerprint density at radius 1 is 1.31 bits per heavy atom. The molecule has 2 N–H and O–H groups in total. The maximum atomic E-state index is 13.4. The number of methoxy groups -OCH3 is 1. The minimum absolute atomic E-state index is 0.0833. The number of aliphatic hydroxyl groups is 1. The molecule has 1 aromatic carbocycles. The Bertz CT molecular complexity index is 980. The summed E-state index contributed by atoms with van der Waals surface area (Å²) in [4.78, 5) is 33.8. The Balaban J connectivity index is 2.14. The van der Waals surface area contributed by atoms with Crippen LogP contribution in [0, 0.1) is 13.8 Å². The number of hydrogen-bond acceptors (Lipinski definition) is 6. The predicted molar refractivity (Wildman–Crippen MR) is 111 cm³/mol. The highest BCUT2D eigenvalue weighted by molar-refractivity contribution is 7.14. The van der Waals surface area contributed by atoms with Crippen molar-refractivity contribution in [3.63, 3.8) is 0 Å². The first-order chi connectivity index (χ1) is 13.8. The van der Waals surface area contributed by atoms with Gasteiger partial charge in [0, 0.05) is 5.56 Å². The van der Waals surface area contributed by atoms with E-state index in [2.05, 4.69) is 4.98 Å². The smallest absolute Gasteiger partial charge is 0.290 e. The second-order valence-corrected chi connectivity index (χ2v) is 8.54. The predicted octanol–water partition coefficient (Wildman–Crippen LogP) is 1.49. The quantitative estimate of drug-likeness (QED) is 0.668. The number of Topliss-reactive ketones (excluding diaryl/α,β-unsaturated/α-hetero) is 1. The average molecular weight is 417 g/mol. The van der Waals surface area contributed by atoms with Gasteiger partial charge in [-0.15, -0.1) is 11.3 Å². The molecular formula is C21H26N3O4S+. The van der Waals surface area contributed by atoms with Gasteiger partial charge in [0.05, 0.1) is 61.5 Å². The molecule has 0 saturated heterocycles. The van der Waals surface area contributed by atoms with Crippen molar-refractivity contribution in [2.24, 2.45) is 0 Å². The summed E-state index contributed by atoms with van der Waals surface area (Å²) in [7, 11) is 5.52. The van der Waals surface area contributed by atoms with Crippen LogP contribution in [-0.4, -0.2) is 61.0 Å². The monoisotopic (exact) mass is 416 g/mol. The summed E-state index contributed by atoms with van der Waals surface area (Å²) in [5.74, 6) is -0.839. The number of hydrogen-bond donors (Lipinski definition) is 2. The molecule has 3 rings (SSSR count). The first kappa shape index (κ1) is 21.0. The number of aromatic nitrogens is 1. The number of nitrogens with zero attached hydrogens (tertiary/aromatic N) is 2. The second kappa shape index (κ2) is 8.34. The molecule has 2 aromatic rings. The first-order valence-corrected chi connectivity index (χ1v) is 10.2. The molecule has 1 aliphatic heterocycles. The first-order valence-electron chi connectivity index (χ1n) is 9.41. The number of ether oxygens (including phenoxy) is 1. The van der Waals surface area contributed by atoms with Crippen LogP contribution in [0.5, 0.6) is 5.75 Å². The maximum absolute atomic E-state index is 13.4. The minimum Gasteiger partial charge on any atom is -0.503 e. The van der Waals surface area contributed by atoms with E-state index in [1.165, 1.54) is 11.3 Å². The van der Waals surface area contributed by atoms with Crippen molar-refractivity contribution < 1.29 is 24.3 Å². The molecule has 0 bridgehead atoms. The molecular weight excluding hydrogens is 390 g/mol. The number of amides is 1. The Labute approximate surface area is 174 Å². The van der Waals surface area contributed by atoms with E-state index in [1.807, 2.05) is 39.2 Å². The number of ketones is 1. The van der Waals surface area contributed by atoms with Gasteiger partial charge in [0.2, 0.25) is 5.78 Å². The van der Waals surface area contributed by atoms with Gasteiger partial charge in [0.1, 0.15) is 5.75 Å². The summed E-state index contributed by atoms with van der Waals surface area (Å²) in [6.45, 7) is 4.65. The Morgan fingerprint density at radius 2 is 2.00 bits per heavy atom. The number of carbonyl (C=O) groups is 2. The number of thiazole rings is 1. The number of nitrogens with one attached hydrogen (secondary N) is 1. The lowest BCUT2D eigenvalue weighted by Crippen LogP contribution is -3.06. The average Bonchev–Trinajstić information content (AvgIpc) is 3.15. The van der Waals surface area contributed by atoms with Crippen LogP contribution in [-0.2, 0) is 4.79 Å². The summed E-state index contributed by atoms with van der Waals surface area (Å²) in [5, 5.41) is 11.5. The van der Waals surface area contributed by atoms with Crippen molar-refractivity contribution in [2.45, 2.75) is 19.9 Å². The van der Waals surface area contributed by atoms with Gasteiger partial charge < -0.3 is 19.6 Å². The summed E-state index contributed by atoms with van der Waals surface area (Å²) < 4.78 is 5.50. The summed E-state index contributed by atoms with van der Waals surface area (Å²) >= 11 is 1.27. The lowest BCUT2D eigenvalue weighted by molar-refractivity contribution is -0.857. The lowest BCUT2D eigenvalue weighted by Gasteiger charge is -2.28. The number of para-hydroxylation sites is 1.